The highest BCUT2D eigenvalue weighted by Gasteiger charge is 2.58. The number of nitrogens with zero attached hydrogens (tertiary/aromatic N) is 3. The number of benzene rings is 2. The highest BCUT2D eigenvalue weighted by atomic mass is 16.5. The van der Waals surface area contributed by atoms with E-state index in [4.69, 9.17) is 14.5 Å². The minimum absolute atomic E-state index is 0.352. The van der Waals surface area contributed by atoms with Crippen LogP contribution in [-0.2, 0) is 10.2 Å². The predicted molar refractivity (Wildman–Crippen MR) is 112 cm³/mol. The Balaban J connectivity index is 1.75. The highest BCUT2D eigenvalue weighted by Crippen LogP contribution is 2.54. The van der Waals surface area contributed by atoms with Crippen molar-refractivity contribution in [2.45, 2.75) is 25.0 Å². The Kier molecular flexibility index (Phi) is 3.53. The zero-order valence-electron chi connectivity index (χ0n) is 16.8. The lowest BCUT2D eigenvalue weighted by Gasteiger charge is -2.45. The molecule has 6 nitrogen and oxygen atoms in total. The Bertz CT molecular complexity index is 1200. The molecule has 0 amide bonds. The van der Waals surface area contributed by atoms with E-state index >= 15 is 0 Å². The Labute approximate surface area is 168 Å². The Morgan fingerprint density at radius 2 is 1.97 bits per heavy atom. The summed E-state index contributed by atoms with van der Waals surface area (Å²) in [4.78, 5) is 23.5. The highest BCUT2D eigenvalue weighted by molar-refractivity contribution is 6.09. The molecule has 146 valence electrons. The number of para-hydroxylation sites is 1. The standard InChI is InChI=1S/C23H21N3O3/c1-22(2)17-7-5-6-8-19(17)26(3)23(22)13-25-18-11-15(21(27)28-4)14-9-10-24-12-16(14)20(18)29-23/h5-13H,1-4H3. The molecule has 2 aliphatic heterocycles. The quantitative estimate of drug-likeness (QED) is 0.585. The molecular weight excluding hydrogens is 366 g/mol. The van der Waals surface area contributed by atoms with Crippen molar-refractivity contribution in [2.75, 3.05) is 19.1 Å². The number of esters is 1. The van der Waals surface area contributed by atoms with Crippen molar-refractivity contribution < 1.29 is 14.3 Å². The van der Waals surface area contributed by atoms with Crippen LogP contribution in [0.5, 0.6) is 5.75 Å². The van der Waals surface area contributed by atoms with Crippen LogP contribution < -0.4 is 9.64 Å². The normalized spacial score (nSPS) is 21.0. The van der Waals surface area contributed by atoms with Crippen LogP contribution in [0.1, 0.15) is 29.8 Å². The summed E-state index contributed by atoms with van der Waals surface area (Å²) in [6, 6.07) is 11.8. The first-order chi connectivity index (χ1) is 13.9. The summed E-state index contributed by atoms with van der Waals surface area (Å²) in [6.45, 7) is 4.32. The van der Waals surface area contributed by atoms with E-state index in [0.29, 0.717) is 17.0 Å². The number of ether oxygens (including phenoxy) is 2. The molecule has 0 N–H and O–H groups in total. The molecule has 1 aromatic heterocycles. The van der Waals surface area contributed by atoms with Gasteiger partial charge in [-0.25, -0.2) is 4.79 Å². The van der Waals surface area contributed by atoms with Crippen LogP contribution in [0.3, 0.4) is 0 Å². The van der Waals surface area contributed by atoms with Gasteiger partial charge in [0.05, 0.1) is 24.3 Å². The molecule has 1 unspecified atom stereocenters. The van der Waals surface area contributed by atoms with E-state index in [2.05, 4.69) is 35.9 Å². The molecular formula is C23H21N3O3. The lowest BCUT2D eigenvalue weighted by Crippen LogP contribution is -2.61. The monoisotopic (exact) mass is 387 g/mol. The first-order valence-electron chi connectivity index (χ1n) is 9.47. The minimum atomic E-state index is -0.792. The second-order valence-corrected chi connectivity index (χ2v) is 7.94. The van der Waals surface area contributed by atoms with E-state index in [1.807, 2.05) is 25.4 Å². The molecule has 6 heteroatoms. The number of aliphatic imine (C=N–C) groups is 1. The second-order valence-electron chi connectivity index (χ2n) is 7.94. The fraction of sp³-hybridized carbons (Fsp3) is 0.261. The molecule has 0 saturated heterocycles. The number of aromatic nitrogens is 1. The van der Waals surface area contributed by atoms with Gasteiger partial charge < -0.3 is 14.4 Å². The summed E-state index contributed by atoms with van der Waals surface area (Å²) in [5.74, 6) is 0.209. The number of hydrogen-bond donors (Lipinski definition) is 0. The first-order valence-corrected chi connectivity index (χ1v) is 9.47. The maximum Gasteiger partial charge on any atom is 0.338 e. The number of methoxy groups -OCH3 is 1. The molecule has 1 spiro atoms. The molecule has 5 rings (SSSR count). The number of carbonyl (C=O) groups excluding carboxylic acids is 1. The molecule has 1 atom stereocenters. The van der Waals surface area contributed by atoms with Gasteiger partial charge in [-0.1, -0.05) is 18.2 Å². The van der Waals surface area contributed by atoms with Crippen molar-refractivity contribution in [3.8, 4) is 5.75 Å². The number of rotatable bonds is 1. The second kappa shape index (κ2) is 5.80. The molecule has 2 aliphatic rings. The van der Waals surface area contributed by atoms with Crippen LogP contribution in [0.25, 0.3) is 10.8 Å². The van der Waals surface area contributed by atoms with Gasteiger partial charge in [0.15, 0.2) is 5.75 Å². The van der Waals surface area contributed by atoms with Crippen molar-refractivity contribution >= 4 is 34.3 Å². The van der Waals surface area contributed by atoms with E-state index in [0.717, 1.165) is 16.5 Å². The molecule has 3 aromatic rings. The van der Waals surface area contributed by atoms with Gasteiger partial charge in [-0.15, -0.1) is 0 Å². The Hall–Kier alpha value is -3.41. The maximum atomic E-state index is 12.3. The minimum Gasteiger partial charge on any atom is -0.465 e. The third-order valence-electron chi connectivity index (χ3n) is 6.24. The molecule has 3 heterocycles. The van der Waals surface area contributed by atoms with E-state index < -0.39 is 11.7 Å². The van der Waals surface area contributed by atoms with Crippen LogP contribution >= 0.6 is 0 Å². The zero-order valence-corrected chi connectivity index (χ0v) is 16.8. The van der Waals surface area contributed by atoms with Gasteiger partial charge in [-0.3, -0.25) is 9.98 Å². The Morgan fingerprint density at radius 1 is 1.17 bits per heavy atom. The smallest absolute Gasteiger partial charge is 0.338 e. The number of carbonyl (C=O) groups is 1. The van der Waals surface area contributed by atoms with Crippen molar-refractivity contribution in [2.24, 2.45) is 4.99 Å². The number of fused-ring (bicyclic) bond motifs is 4. The molecule has 0 bridgehead atoms. The lowest BCUT2D eigenvalue weighted by molar-refractivity contribution is 0.0602. The number of hydrogen-bond acceptors (Lipinski definition) is 6. The van der Waals surface area contributed by atoms with E-state index in [-0.39, 0.29) is 5.41 Å². The van der Waals surface area contributed by atoms with Gasteiger partial charge in [0.1, 0.15) is 5.69 Å². The van der Waals surface area contributed by atoms with Gasteiger partial charge in [-0.05, 0) is 37.6 Å². The summed E-state index contributed by atoms with van der Waals surface area (Å²) in [6.07, 6.45) is 5.22. The fourth-order valence-corrected chi connectivity index (χ4v) is 4.58. The summed E-state index contributed by atoms with van der Waals surface area (Å²) in [5.41, 5.74) is 2.21. The maximum absolute atomic E-state index is 12.3. The summed E-state index contributed by atoms with van der Waals surface area (Å²) >= 11 is 0. The summed E-state index contributed by atoms with van der Waals surface area (Å²) in [7, 11) is 3.39. The Morgan fingerprint density at radius 3 is 2.72 bits per heavy atom. The predicted octanol–water partition coefficient (Wildman–Crippen LogP) is 4.24. The van der Waals surface area contributed by atoms with Crippen molar-refractivity contribution in [1.29, 1.82) is 0 Å². The van der Waals surface area contributed by atoms with Crippen LogP contribution in [0, 0.1) is 0 Å². The van der Waals surface area contributed by atoms with Crippen molar-refractivity contribution in [1.82, 2.24) is 4.98 Å². The van der Waals surface area contributed by atoms with Gasteiger partial charge in [0.2, 0.25) is 5.72 Å². The lowest BCUT2D eigenvalue weighted by atomic mass is 9.77. The average molecular weight is 387 g/mol. The average Bonchev–Trinajstić information content (AvgIpc) is 2.91. The third kappa shape index (κ3) is 2.14. The first kappa shape index (κ1) is 17.7. The van der Waals surface area contributed by atoms with Gasteiger partial charge >= 0.3 is 5.97 Å². The summed E-state index contributed by atoms with van der Waals surface area (Å²) in [5, 5.41) is 1.47. The van der Waals surface area contributed by atoms with Crippen LogP contribution in [0.2, 0.25) is 0 Å². The van der Waals surface area contributed by atoms with Crippen LogP contribution in [0.4, 0.5) is 11.4 Å². The van der Waals surface area contributed by atoms with Crippen molar-refractivity contribution in [3.05, 3.63) is 59.9 Å². The molecule has 0 fully saturated rings. The van der Waals surface area contributed by atoms with Gasteiger partial charge in [0.25, 0.3) is 0 Å². The summed E-state index contributed by atoms with van der Waals surface area (Å²) < 4.78 is 11.7. The van der Waals surface area contributed by atoms with E-state index in [1.54, 1.807) is 24.5 Å². The fourth-order valence-electron chi connectivity index (χ4n) is 4.58. The van der Waals surface area contributed by atoms with Crippen molar-refractivity contribution in [3.63, 3.8) is 0 Å². The third-order valence-corrected chi connectivity index (χ3v) is 6.24. The number of likely N-dealkylation sites (N-methyl/N-ethyl adjacent to an activating group) is 1. The van der Waals surface area contributed by atoms with Crippen LogP contribution in [0.15, 0.2) is 53.8 Å². The molecule has 2 aromatic carbocycles. The molecule has 0 radical (unpaired) electrons. The zero-order chi connectivity index (χ0) is 20.4. The SMILES string of the molecule is COC(=O)c1cc2c(c3cnccc13)OC1(C=N2)N(C)c2ccccc2C1(C)C. The van der Waals surface area contributed by atoms with E-state index in [9.17, 15) is 4.79 Å². The topological polar surface area (TPSA) is 64.0 Å². The molecule has 0 saturated carbocycles. The van der Waals surface area contributed by atoms with Gasteiger partial charge in [0, 0.05) is 35.9 Å². The largest absolute Gasteiger partial charge is 0.465 e. The molecule has 29 heavy (non-hydrogen) atoms. The van der Waals surface area contributed by atoms with Gasteiger partial charge in [-0.2, -0.15) is 0 Å². The molecule has 0 aliphatic carbocycles. The number of anilines is 1. The van der Waals surface area contributed by atoms with Crippen LogP contribution in [-0.4, -0.2) is 37.1 Å². The number of pyridine rings is 1. The van der Waals surface area contributed by atoms with E-state index in [1.165, 1.54) is 12.7 Å².